The highest BCUT2D eigenvalue weighted by Gasteiger charge is 2.47. The van der Waals surface area contributed by atoms with E-state index >= 15 is 0 Å². The zero-order chi connectivity index (χ0) is 26.0. The van der Waals surface area contributed by atoms with Crippen LogP contribution in [0.15, 0.2) is 72.6 Å². The van der Waals surface area contributed by atoms with Gasteiger partial charge in [-0.1, -0.05) is 17.7 Å². The highest BCUT2D eigenvalue weighted by atomic mass is 35.5. The predicted molar refractivity (Wildman–Crippen MR) is 134 cm³/mol. The number of hydrogen-bond acceptors (Lipinski definition) is 7. The lowest BCUT2D eigenvalue weighted by Crippen LogP contribution is -2.29. The van der Waals surface area contributed by atoms with Crippen molar-refractivity contribution in [1.29, 1.82) is 0 Å². The molecule has 0 bridgehead atoms. The summed E-state index contributed by atoms with van der Waals surface area (Å²) < 4.78 is 10.6. The van der Waals surface area contributed by atoms with Crippen LogP contribution in [0, 0.1) is 0 Å². The van der Waals surface area contributed by atoms with Crippen LogP contribution in [-0.2, 0) is 14.3 Å². The van der Waals surface area contributed by atoms with E-state index in [-0.39, 0.29) is 23.0 Å². The molecule has 0 saturated carbocycles. The van der Waals surface area contributed by atoms with Gasteiger partial charge in [-0.25, -0.2) is 4.79 Å². The molecule has 1 atom stereocenters. The second-order valence-electron chi connectivity index (χ2n) is 8.30. The molecule has 4 rings (SSSR count). The van der Waals surface area contributed by atoms with Crippen LogP contribution in [0.1, 0.15) is 41.4 Å². The molecule has 3 aromatic rings. The van der Waals surface area contributed by atoms with Crippen molar-refractivity contribution >= 4 is 40.7 Å². The highest BCUT2D eigenvalue weighted by molar-refractivity contribution is 6.51. The lowest BCUT2D eigenvalue weighted by molar-refractivity contribution is -0.132. The Bertz CT molecular complexity index is 1350. The summed E-state index contributed by atoms with van der Waals surface area (Å²) in [4.78, 5) is 44.2. The summed E-state index contributed by atoms with van der Waals surface area (Å²) >= 11 is 6.14. The zero-order valence-corrected chi connectivity index (χ0v) is 20.5. The first-order valence-electron chi connectivity index (χ1n) is 11.1. The lowest BCUT2D eigenvalue weighted by atomic mass is 9.95. The summed E-state index contributed by atoms with van der Waals surface area (Å²) in [6, 6.07) is 13.1. The van der Waals surface area contributed by atoms with E-state index in [0.717, 1.165) is 0 Å². The molecule has 0 aliphatic carbocycles. The van der Waals surface area contributed by atoms with E-state index in [9.17, 15) is 19.5 Å². The van der Waals surface area contributed by atoms with E-state index in [4.69, 9.17) is 21.1 Å². The van der Waals surface area contributed by atoms with E-state index in [1.54, 1.807) is 56.4 Å². The Morgan fingerprint density at radius 1 is 1.11 bits per heavy atom. The van der Waals surface area contributed by atoms with Gasteiger partial charge in [0.25, 0.3) is 11.7 Å². The third kappa shape index (κ3) is 4.67. The van der Waals surface area contributed by atoms with Gasteiger partial charge in [-0.3, -0.25) is 19.5 Å². The van der Waals surface area contributed by atoms with Gasteiger partial charge in [0.05, 0.1) is 36.0 Å². The smallest absolute Gasteiger partial charge is 0.338 e. The molecule has 1 amide bonds. The number of carbonyl (C=O) groups excluding carboxylic acids is 3. The molecule has 1 aromatic heterocycles. The number of aromatic nitrogens is 1. The number of esters is 1. The fourth-order valence-corrected chi connectivity index (χ4v) is 4.17. The number of aliphatic hydroxyl groups excluding tert-OH is 1. The summed E-state index contributed by atoms with van der Waals surface area (Å²) in [5.74, 6) is -2.38. The first-order valence-corrected chi connectivity index (χ1v) is 11.5. The number of halogens is 1. The monoisotopic (exact) mass is 506 g/mol. The number of amides is 1. The largest absolute Gasteiger partial charge is 0.507 e. The second kappa shape index (κ2) is 10.2. The van der Waals surface area contributed by atoms with Gasteiger partial charge in [-0.15, -0.1) is 0 Å². The number of carbonyl (C=O) groups is 3. The molecule has 1 unspecified atom stereocenters. The fraction of sp³-hybridized carbons (Fsp3) is 0.185. The summed E-state index contributed by atoms with van der Waals surface area (Å²) in [7, 11) is 1.42. The normalized spacial score (nSPS) is 16.9. The van der Waals surface area contributed by atoms with Crippen molar-refractivity contribution in [2.75, 3.05) is 12.0 Å². The molecule has 1 aliphatic heterocycles. The minimum Gasteiger partial charge on any atom is -0.507 e. The number of ketones is 1. The molecule has 36 heavy (non-hydrogen) atoms. The molecule has 184 valence electrons. The second-order valence-corrected chi connectivity index (χ2v) is 8.74. The van der Waals surface area contributed by atoms with Gasteiger partial charge < -0.3 is 14.6 Å². The number of Topliss-reactive ketones (excluding diaryl/α,β-unsaturated/α-hetero) is 1. The van der Waals surface area contributed by atoms with Crippen LogP contribution in [0.5, 0.6) is 5.75 Å². The van der Waals surface area contributed by atoms with Gasteiger partial charge in [-0.05, 0) is 67.9 Å². The van der Waals surface area contributed by atoms with E-state index < -0.39 is 29.5 Å². The number of benzene rings is 2. The van der Waals surface area contributed by atoms with Crippen LogP contribution in [0.25, 0.3) is 5.76 Å². The molecule has 0 spiro atoms. The Morgan fingerprint density at radius 2 is 1.83 bits per heavy atom. The average Bonchev–Trinajstić information content (AvgIpc) is 3.14. The van der Waals surface area contributed by atoms with Gasteiger partial charge in [-0.2, -0.15) is 0 Å². The molecule has 9 heteroatoms. The van der Waals surface area contributed by atoms with E-state index in [1.807, 2.05) is 0 Å². The van der Waals surface area contributed by atoms with Crippen LogP contribution in [0.4, 0.5) is 5.69 Å². The molecule has 2 heterocycles. The number of ether oxygens (including phenoxy) is 2. The summed E-state index contributed by atoms with van der Waals surface area (Å²) in [5, 5.41) is 11.6. The quantitative estimate of drug-likeness (QED) is 0.218. The Morgan fingerprint density at radius 3 is 2.44 bits per heavy atom. The van der Waals surface area contributed by atoms with Gasteiger partial charge >= 0.3 is 5.97 Å². The summed E-state index contributed by atoms with van der Waals surface area (Å²) in [5.41, 5.74) is 1.18. The van der Waals surface area contributed by atoms with Crippen LogP contribution >= 0.6 is 11.6 Å². The minimum atomic E-state index is -0.990. The number of aliphatic hydroxyl groups is 1. The van der Waals surface area contributed by atoms with Crippen molar-refractivity contribution in [3.05, 3.63) is 94.3 Å². The zero-order valence-electron chi connectivity index (χ0n) is 19.8. The molecule has 1 saturated heterocycles. The van der Waals surface area contributed by atoms with Crippen LogP contribution in [0.3, 0.4) is 0 Å². The molecule has 8 nitrogen and oxygen atoms in total. The number of pyridine rings is 1. The van der Waals surface area contributed by atoms with Crippen LogP contribution in [0.2, 0.25) is 5.02 Å². The topological polar surface area (TPSA) is 106 Å². The van der Waals surface area contributed by atoms with E-state index in [1.165, 1.54) is 36.4 Å². The number of methoxy groups -OCH3 is 1. The van der Waals surface area contributed by atoms with Crippen molar-refractivity contribution < 1.29 is 29.0 Å². The predicted octanol–water partition coefficient (Wildman–Crippen LogP) is 4.94. The molecular weight excluding hydrogens is 484 g/mol. The molecular formula is C27H23ClN2O6. The summed E-state index contributed by atoms with van der Waals surface area (Å²) in [6.07, 6.45) is 2.79. The Labute approximate surface area is 212 Å². The number of nitrogens with zero attached hydrogens (tertiary/aromatic N) is 2. The van der Waals surface area contributed by atoms with Gasteiger partial charge in [0, 0.05) is 23.1 Å². The third-order valence-corrected chi connectivity index (χ3v) is 5.82. The van der Waals surface area contributed by atoms with Gasteiger partial charge in [0.1, 0.15) is 11.5 Å². The van der Waals surface area contributed by atoms with Crippen molar-refractivity contribution in [3.8, 4) is 5.75 Å². The maximum atomic E-state index is 13.3. The Hall–Kier alpha value is -4.17. The van der Waals surface area contributed by atoms with Crippen molar-refractivity contribution in [3.63, 3.8) is 0 Å². The SMILES string of the molecule is COc1ccc(Cl)cc1/C(O)=C1\C(=O)C(=O)N(c2ccc(C(=O)OC(C)C)cc2)C1c1cccnc1. The average molecular weight is 507 g/mol. The maximum Gasteiger partial charge on any atom is 0.338 e. The Balaban J connectivity index is 1.86. The highest BCUT2D eigenvalue weighted by Crippen LogP contribution is 2.43. The van der Waals surface area contributed by atoms with Crippen LogP contribution in [-0.4, -0.2) is 41.0 Å². The standard InChI is InChI=1S/C27H23ClN2O6/c1-15(2)36-27(34)16-6-9-19(10-7-16)30-23(17-5-4-12-29-14-17)22(25(32)26(30)33)24(31)20-13-18(28)8-11-21(20)35-3/h4-15,23,31H,1-3H3/b24-22+. The Kier molecular flexibility index (Phi) is 7.07. The lowest BCUT2D eigenvalue weighted by Gasteiger charge is -2.25. The molecule has 0 radical (unpaired) electrons. The van der Waals surface area contributed by atoms with Gasteiger partial charge in [0.15, 0.2) is 0 Å². The first kappa shape index (κ1) is 24.9. The molecule has 1 aliphatic rings. The maximum absolute atomic E-state index is 13.3. The number of rotatable bonds is 6. The van der Waals surface area contributed by atoms with Crippen molar-refractivity contribution in [2.24, 2.45) is 0 Å². The van der Waals surface area contributed by atoms with E-state index in [0.29, 0.717) is 21.8 Å². The molecule has 2 aromatic carbocycles. The van der Waals surface area contributed by atoms with Crippen molar-refractivity contribution in [1.82, 2.24) is 4.98 Å². The van der Waals surface area contributed by atoms with Gasteiger partial charge in [0.2, 0.25) is 0 Å². The van der Waals surface area contributed by atoms with Crippen LogP contribution < -0.4 is 9.64 Å². The first-order chi connectivity index (χ1) is 17.2. The number of hydrogen-bond donors (Lipinski definition) is 1. The van der Waals surface area contributed by atoms with Crippen molar-refractivity contribution in [2.45, 2.75) is 26.0 Å². The number of anilines is 1. The fourth-order valence-electron chi connectivity index (χ4n) is 4.00. The molecule has 1 N–H and O–H groups in total. The third-order valence-electron chi connectivity index (χ3n) is 5.59. The van der Waals surface area contributed by atoms with E-state index in [2.05, 4.69) is 4.98 Å². The summed E-state index contributed by atoms with van der Waals surface area (Å²) in [6.45, 7) is 3.49. The minimum absolute atomic E-state index is 0.142. The molecule has 1 fully saturated rings.